The van der Waals surface area contributed by atoms with Gasteiger partial charge >= 0.3 is 0 Å². The van der Waals surface area contributed by atoms with E-state index >= 15 is 0 Å². The first kappa shape index (κ1) is 10.0. The highest BCUT2D eigenvalue weighted by Crippen LogP contribution is 2.58. The standard InChI is InChI=1S/C13H21N/c1-10-4-12(3)5-11(2)7-13(6-10,8-12)9-14/h10-11H,4-8H2,1-3H3/t10-,11+,12?,13?. The fraction of sp³-hybridized carbons (Fsp3) is 0.923. The predicted octanol–water partition coefficient (Wildman–Crippen LogP) is 3.75. The van der Waals surface area contributed by atoms with Crippen LogP contribution in [0.2, 0.25) is 0 Å². The Morgan fingerprint density at radius 3 is 2.00 bits per heavy atom. The molecule has 2 unspecified atom stereocenters. The second-order valence-electron chi connectivity index (χ2n) is 6.41. The van der Waals surface area contributed by atoms with Crippen LogP contribution in [0.3, 0.4) is 0 Å². The highest BCUT2D eigenvalue weighted by atomic mass is 14.5. The Kier molecular flexibility index (Phi) is 2.14. The summed E-state index contributed by atoms with van der Waals surface area (Å²) in [6.07, 6.45) is 6.11. The molecule has 0 aromatic rings. The van der Waals surface area contributed by atoms with Crippen LogP contribution < -0.4 is 0 Å². The van der Waals surface area contributed by atoms with Gasteiger partial charge in [0.05, 0.1) is 11.5 Å². The molecule has 0 saturated heterocycles. The summed E-state index contributed by atoms with van der Waals surface area (Å²) < 4.78 is 0. The van der Waals surface area contributed by atoms with E-state index in [0.717, 1.165) is 31.1 Å². The highest BCUT2D eigenvalue weighted by molar-refractivity contribution is 5.09. The smallest absolute Gasteiger partial charge is 0.0690 e. The number of rotatable bonds is 0. The molecule has 0 aliphatic heterocycles. The molecule has 0 heterocycles. The molecule has 2 fully saturated rings. The number of hydrogen-bond acceptors (Lipinski definition) is 1. The van der Waals surface area contributed by atoms with Gasteiger partial charge in [0.1, 0.15) is 0 Å². The summed E-state index contributed by atoms with van der Waals surface area (Å²) >= 11 is 0. The summed E-state index contributed by atoms with van der Waals surface area (Å²) in [6.45, 7) is 7.03. The van der Waals surface area contributed by atoms with Crippen LogP contribution in [-0.2, 0) is 0 Å². The summed E-state index contributed by atoms with van der Waals surface area (Å²) in [6, 6.07) is 2.63. The minimum absolute atomic E-state index is 0.0318. The van der Waals surface area contributed by atoms with E-state index in [-0.39, 0.29) is 5.41 Å². The molecule has 2 bridgehead atoms. The van der Waals surface area contributed by atoms with E-state index in [4.69, 9.17) is 0 Å². The van der Waals surface area contributed by atoms with E-state index in [9.17, 15) is 5.26 Å². The lowest BCUT2D eigenvalue weighted by molar-refractivity contribution is -0.00562. The van der Waals surface area contributed by atoms with Crippen molar-refractivity contribution in [2.45, 2.75) is 52.9 Å². The summed E-state index contributed by atoms with van der Waals surface area (Å²) in [5.74, 6) is 1.50. The minimum Gasteiger partial charge on any atom is -0.198 e. The van der Waals surface area contributed by atoms with Crippen LogP contribution in [0.4, 0.5) is 0 Å². The Labute approximate surface area is 87.5 Å². The van der Waals surface area contributed by atoms with Crippen LogP contribution in [-0.4, -0.2) is 0 Å². The summed E-state index contributed by atoms with van der Waals surface area (Å²) in [4.78, 5) is 0. The summed E-state index contributed by atoms with van der Waals surface area (Å²) in [5, 5.41) is 9.39. The summed E-state index contributed by atoms with van der Waals surface area (Å²) in [7, 11) is 0. The zero-order valence-corrected chi connectivity index (χ0v) is 9.64. The van der Waals surface area contributed by atoms with Gasteiger partial charge in [-0.15, -0.1) is 0 Å². The Morgan fingerprint density at radius 2 is 1.57 bits per heavy atom. The van der Waals surface area contributed by atoms with Gasteiger partial charge in [-0.05, 0) is 49.4 Å². The van der Waals surface area contributed by atoms with Gasteiger partial charge in [-0.2, -0.15) is 5.26 Å². The van der Waals surface area contributed by atoms with Crippen molar-refractivity contribution in [1.82, 2.24) is 0 Å². The molecular formula is C13H21N. The maximum atomic E-state index is 9.39. The van der Waals surface area contributed by atoms with Gasteiger partial charge in [-0.1, -0.05) is 20.8 Å². The Hall–Kier alpha value is -0.510. The van der Waals surface area contributed by atoms with E-state index in [2.05, 4.69) is 26.8 Å². The van der Waals surface area contributed by atoms with Gasteiger partial charge < -0.3 is 0 Å². The molecule has 2 aliphatic carbocycles. The van der Waals surface area contributed by atoms with Crippen LogP contribution in [0.1, 0.15) is 52.9 Å². The molecule has 2 saturated carbocycles. The van der Waals surface area contributed by atoms with E-state index in [0.29, 0.717) is 5.41 Å². The molecule has 0 radical (unpaired) electrons. The molecule has 1 heteroatoms. The number of nitrogens with zero attached hydrogens (tertiary/aromatic N) is 1. The van der Waals surface area contributed by atoms with Gasteiger partial charge in [0, 0.05) is 0 Å². The number of nitriles is 1. The third-order valence-electron chi connectivity index (χ3n) is 4.16. The maximum absolute atomic E-state index is 9.39. The van der Waals surface area contributed by atoms with Crippen LogP contribution >= 0.6 is 0 Å². The normalized spacial score (nSPS) is 52.4. The molecule has 4 atom stereocenters. The van der Waals surface area contributed by atoms with Crippen molar-refractivity contribution >= 4 is 0 Å². The quantitative estimate of drug-likeness (QED) is 0.572. The molecule has 78 valence electrons. The fourth-order valence-electron chi connectivity index (χ4n) is 4.56. The third kappa shape index (κ3) is 1.56. The largest absolute Gasteiger partial charge is 0.198 e. The van der Waals surface area contributed by atoms with Crippen molar-refractivity contribution in [1.29, 1.82) is 5.26 Å². The molecule has 0 N–H and O–H groups in total. The zero-order chi connectivity index (χ0) is 10.4. The third-order valence-corrected chi connectivity index (χ3v) is 4.16. The van der Waals surface area contributed by atoms with Crippen LogP contribution in [0.15, 0.2) is 0 Å². The van der Waals surface area contributed by atoms with Gasteiger partial charge in [0.15, 0.2) is 0 Å². The number of hydrogen-bond donors (Lipinski definition) is 0. The van der Waals surface area contributed by atoms with E-state index in [1.54, 1.807) is 0 Å². The minimum atomic E-state index is 0.0318. The van der Waals surface area contributed by atoms with E-state index in [1.807, 2.05) is 0 Å². The SMILES string of the molecule is C[C@@H]1CC2(C)C[C@H](C)CC(C#N)(C1)C2. The van der Waals surface area contributed by atoms with Crippen molar-refractivity contribution in [2.24, 2.45) is 22.7 Å². The van der Waals surface area contributed by atoms with Gasteiger partial charge in [-0.3, -0.25) is 0 Å². The number of fused-ring (bicyclic) bond motifs is 2. The van der Waals surface area contributed by atoms with E-state index < -0.39 is 0 Å². The van der Waals surface area contributed by atoms with Crippen LogP contribution in [0.25, 0.3) is 0 Å². The van der Waals surface area contributed by atoms with Crippen molar-refractivity contribution in [3.8, 4) is 6.07 Å². The lowest BCUT2D eigenvalue weighted by Crippen LogP contribution is -2.43. The molecule has 2 aliphatic rings. The molecule has 2 rings (SSSR count). The Bertz CT molecular complexity index is 259. The van der Waals surface area contributed by atoms with Crippen molar-refractivity contribution in [2.75, 3.05) is 0 Å². The van der Waals surface area contributed by atoms with Crippen molar-refractivity contribution in [3.63, 3.8) is 0 Å². The molecule has 0 spiro atoms. The first-order chi connectivity index (χ1) is 6.47. The topological polar surface area (TPSA) is 23.8 Å². The Balaban J connectivity index is 2.29. The zero-order valence-electron chi connectivity index (χ0n) is 9.64. The second kappa shape index (κ2) is 2.99. The average molecular weight is 191 g/mol. The summed E-state index contributed by atoms with van der Waals surface area (Å²) in [5.41, 5.74) is 0.495. The van der Waals surface area contributed by atoms with Gasteiger partial charge in [-0.25, -0.2) is 0 Å². The molecule has 1 nitrogen and oxygen atoms in total. The molecule has 0 aromatic carbocycles. The van der Waals surface area contributed by atoms with Gasteiger partial charge in [0.25, 0.3) is 0 Å². The fourth-order valence-corrected chi connectivity index (χ4v) is 4.56. The predicted molar refractivity (Wildman–Crippen MR) is 57.6 cm³/mol. The van der Waals surface area contributed by atoms with Crippen LogP contribution in [0.5, 0.6) is 0 Å². The first-order valence-corrected chi connectivity index (χ1v) is 5.88. The molecule has 14 heavy (non-hydrogen) atoms. The molecule has 0 aromatic heterocycles. The maximum Gasteiger partial charge on any atom is 0.0690 e. The average Bonchev–Trinajstić information content (AvgIpc) is 1.99. The molecule has 0 amide bonds. The Morgan fingerprint density at radius 1 is 1.07 bits per heavy atom. The first-order valence-electron chi connectivity index (χ1n) is 5.88. The highest BCUT2D eigenvalue weighted by Gasteiger charge is 2.49. The van der Waals surface area contributed by atoms with Crippen molar-refractivity contribution in [3.05, 3.63) is 0 Å². The van der Waals surface area contributed by atoms with E-state index in [1.165, 1.54) is 12.8 Å². The second-order valence-corrected chi connectivity index (χ2v) is 6.41. The van der Waals surface area contributed by atoms with Crippen molar-refractivity contribution < 1.29 is 0 Å². The lowest BCUT2D eigenvalue weighted by Gasteiger charge is -2.52. The van der Waals surface area contributed by atoms with Gasteiger partial charge in [0.2, 0.25) is 0 Å². The lowest BCUT2D eigenvalue weighted by atomic mass is 9.51. The van der Waals surface area contributed by atoms with Crippen LogP contribution in [0, 0.1) is 34.0 Å². The monoisotopic (exact) mass is 191 g/mol. The molecular weight excluding hydrogens is 170 g/mol.